The molecule has 2 aromatic carbocycles. The molecule has 4 nitrogen and oxygen atoms in total. The third-order valence-electron chi connectivity index (χ3n) is 5.29. The van der Waals surface area contributed by atoms with Gasteiger partial charge < -0.3 is 15.1 Å². The lowest BCUT2D eigenvalue weighted by Gasteiger charge is -2.35. The van der Waals surface area contributed by atoms with E-state index in [-0.39, 0.29) is 12.4 Å². The van der Waals surface area contributed by atoms with Crippen molar-refractivity contribution in [2.75, 3.05) is 20.6 Å². The summed E-state index contributed by atoms with van der Waals surface area (Å²) >= 11 is 0. The number of carbonyl (C=O) groups is 1. The van der Waals surface area contributed by atoms with Crippen LogP contribution in [0, 0.1) is 5.92 Å². The summed E-state index contributed by atoms with van der Waals surface area (Å²) in [5.74, 6) is 0.287. The summed E-state index contributed by atoms with van der Waals surface area (Å²) in [5.41, 5.74) is 3.76. The average molecular weight is 402 g/mol. The van der Waals surface area contributed by atoms with E-state index in [9.17, 15) is 15.0 Å². The summed E-state index contributed by atoms with van der Waals surface area (Å²) in [4.78, 5) is 13.4. The van der Waals surface area contributed by atoms with E-state index < -0.39 is 5.97 Å². The van der Waals surface area contributed by atoms with Crippen LogP contribution >= 0.6 is 12.4 Å². The van der Waals surface area contributed by atoms with E-state index in [0.717, 1.165) is 31.4 Å². The molecular formula is C23H28ClNO3. The second-order valence-electron chi connectivity index (χ2n) is 7.70. The summed E-state index contributed by atoms with van der Waals surface area (Å²) in [6, 6.07) is 14.7. The Labute approximate surface area is 172 Å². The Morgan fingerprint density at radius 1 is 1.18 bits per heavy atom. The number of hydrogen-bond donors (Lipinski definition) is 2. The third-order valence-corrected chi connectivity index (χ3v) is 5.29. The number of aromatic carboxylic acids is 1. The first-order chi connectivity index (χ1) is 12.9. The summed E-state index contributed by atoms with van der Waals surface area (Å²) in [6.07, 6.45) is 5.17. The molecule has 0 aliphatic heterocycles. The molecule has 2 atom stereocenters. The smallest absolute Gasteiger partial charge is 0.335 e. The zero-order valence-electron chi connectivity index (χ0n) is 16.3. The lowest BCUT2D eigenvalue weighted by atomic mass is 9.73. The minimum absolute atomic E-state index is 0. The number of nitrogens with zero attached hydrogens (tertiary/aromatic N) is 1. The molecule has 1 saturated carbocycles. The Morgan fingerprint density at radius 2 is 1.93 bits per heavy atom. The van der Waals surface area contributed by atoms with Crippen LogP contribution in [0.3, 0.4) is 0 Å². The molecule has 1 fully saturated rings. The number of carboxylic acid groups (broad SMARTS) is 1. The molecule has 0 aromatic heterocycles. The van der Waals surface area contributed by atoms with E-state index in [1.807, 2.05) is 18.2 Å². The lowest BCUT2D eigenvalue weighted by molar-refractivity contribution is 0.0697. The van der Waals surface area contributed by atoms with Gasteiger partial charge in [0.05, 0.1) is 5.56 Å². The number of rotatable bonds is 5. The van der Waals surface area contributed by atoms with Crippen molar-refractivity contribution in [2.45, 2.75) is 25.2 Å². The first-order valence-corrected chi connectivity index (χ1v) is 9.39. The third kappa shape index (κ3) is 5.60. The number of aromatic hydroxyl groups is 1. The van der Waals surface area contributed by atoms with Crippen LogP contribution in [0.25, 0.3) is 6.08 Å². The van der Waals surface area contributed by atoms with Crippen molar-refractivity contribution in [3.63, 3.8) is 0 Å². The fraction of sp³-hybridized carbons (Fsp3) is 0.348. The maximum absolute atomic E-state index is 11.2. The zero-order chi connectivity index (χ0) is 19.4. The quantitative estimate of drug-likeness (QED) is 0.736. The molecule has 1 aliphatic rings. The molecular weight excluding hydrogens is 374 g/mol. The molecule has 2 unspecified atom stereocenters. The molecule has 1 aliphatic carbocycles. The molecule has 0 spiro atoms. The molecule has 2 N–H and O–H groups in total. The largest absolute Gasteiger partial charge is 0.508 e. The van der Waals surface area contributed by atoms with Crippen molar-refractivity contribution >= 4 is 24.5 Å². The van der Waals surface area contributed by atoms with Gasteiger partial charge in [0.25, 0.3) is 0 Å². The van der Waals surface area contributed by atoms with Gasteiger partial charge >= 0.3 is 5.97 Å². The average Bonchev–Trinajstić information content (AvgIpc) is 2.63. The molecule has 0 amide bonds. The highest BCUT2D eigenvalue weighted by Crippen LogP contribution is 2.42. The van der Waals surface area contributed by atoms with E-state index >= 15 is 0 Å². The summed E-state index contributed by atoms with van der Waals surface area (Å²) in [5, 5.41) is 19.1. The number of phenolic OH excluding ortho intramolecular Hbond substituents is 1. The van der Waals surface area contributed by atoms with Gasteiger partial charge in [-0.1, -0.05) is 35.9 Å². The van der Waals surface area contributed by atoms with Crippen LogP contribution in [0.1, 0.15) is 46.7 Å². The van der Waals surface area contributed by atoms with Gasteiger partial charge in [-0.3, -0.25) is 0 Å². The van der Waals surface area contributed by atoms with Gasteiger partial charge in [-0.15, -0.1) is 12.4 Å². The van der Waals surface area contributed by atoms with Crippen LogP contribution in [0.2, 0.25) is 0 Å². The fourth-order valence-electron chi connectivity index (χ4n) is 4.08. The predicted octanol–water partition coefficient (Wildman–Crippen LogP) is 5.04. The van der Waals surface area contributed by atoms with Crippen molar-refractivity contribution in [3.05, 3.63) is 70.8 Å². The second-order valence-corrected chi connectivity index (χ2v) is 7.70. The number of carboxylic acids is 1. The topological polar surface area (TPSA) is 60.8 Å². The molecule has 5 heteroatoms. The highest BCUT2D eigenvalue weighted by molar-refractivity contribution is 5.88. The standard InChI is InChI=1S/C23H27NO3.ClH/c1-24(2)15-20-10-9-17(11-16-5-3-7-19(12-16)23(26)27)13-22(20)18-6-4-8-21(25)14-18;/h3-8,11-12,14,20,22,25H,9-10,13,15H2,1-2H3,(H,26,27);1H/b17-11+;. The van der Waals surface area contributed by atoms with E-state index in [0.29, 0.717) is 23.1 Å². The van der Waals surface area contributed by atoms with Gasteiger partial charge in [-0.2, -0.15) is 0 Å². The van der Waals surface area contributed by atoms with Crippen LogP contribution < -0.4 is 0 Å². The van der Waals surface area contributed by atoms with Crippen LogP contribution in [0.4, 0.5) is 0 Å². The number of allylic oxidation sites excluding steroid dienone is 1. The van der Waals surface area contributed by atoms with E-state index in [1.165, 1.54) is 11.1 Å². The minimum atomic E-state index is -0.900. The Balaban J connectivity index is 0.00000280. The highest BCUT2D eigenvalue weighted by Gasteiger charge is 2.29. The van der Waals surface area contributed by atoms with Crippen LogP contribution in [-0.2, 0) is 0 Å². The number of benzene rings is 2. The minimum Gasteiger partial charge on any atom is -0.508 e. The molecule has 2 aromatic rings. The number of hydrogen-bond acceptors (Lipinski definition) is 3. The molecule has 3 rings (SSSR count). The van der Waals surface area contributed by atoms with Crippen molar-refractivity contribution in [2.24, 2.45) is 5.92 Å². The second kappa shape index (κ2) is 9.76. The number of phenols is 1. The Kier molecular flexibility index (Phi) is 7.67. The number of halogens is 1. The SMILES string of the molecule is CN(C)CC1CC/C(=C\c2cccc(C(=O)O)c2)CC1c1cccc(O)c1.Cl. The van der Waals surface area contributed by atoms with Crippen molar-refractivity contribution in [1.82, 2.24) is 4.90 Å². The fourth-order valence-corrected chi connectivity index (χ4v) is 4.08. The van der Waals surface area contributed by atoms with Crippen LogP contribution in [0.5, 0.6) is 5.75 Å². The Morgan fingerprint density at radius 3 is 2.61 bits per heavy atom. The van der Waals surface area contributed by atoms with Gasteiger partial charge in [-0.05, 0) is 80.6 Å². The van der Waals surface area contributed by atoms with E-state index in [1.54, 1.807) is 24.3 Å². The maximum atomic E-state index is 11.2. The summed E-state index contributed by atoms with van der Waals surface area (Å²) in [7, 11) is 4.20. The lowest BCUT2D eigenvalue weighted by Crippen LogP contribution is -2.29. The first kappa shape index (κ1) is 22.0. The Bertz CT molecular complexity index is 847. The first-order valence-electron chi connectivity index (χ1n) is 9.39. The molecule has 0 saturated heterocycles. The predicted molar refractivity (Wildman–Crippen MR) is 115 cm³/mol. The van der Waals surface area contributed by atoms with E-state index in [4.69, 9.17) is 0 Å². The van der Waals surface area contributed by atoms with Gasteiger partial charge in [0, 0.05) is 6.54 Å². The molecule has 0 heterocycles. The van der Waals surface area contributed by atoms with Gasteiger partial charge in [0.2, 0.25) is 0 Å². The molecule has 0 bridgehead atoms. The molecule has 28 heavy (non-hydrogen) atoms. The van der Waals surface area contributed by atoms with Gasteiger partial charge in [-0.25, -0.2) is 4.79 Å². The van der Waals surface area contributed by atoms with Gasteiger partial charge in [0.1, 0.15) is 5.75 Å². The summed E-state index contributed by atoms with van der Waals surface area (Å²) < 4.78 is 0. The maximum Gasteiger partial charge on any atom is 0.335 e. The molecule has 150 valence electrons. The molecule has 0 radical (unpaired) electrons. The zero-order valence-corrected chi connectivity index (χ0v) is 17.2. The monoisotopic (exact) mass is 401 g/mol. The van der Waals surface area contributed by atoms with Crippen molar-refractivity contribution in [3.8, 4) is 5.75 Å². The van der Waals surface area contributed by atoms with E-state index in [2.05, 4.69) is 31.1 Å². The summed E-state index contributed by atoms with van der Waals surface area (Å²) in [6.45, 7) is 1.02. The van der Waals surface area contributed by atoms with Crippen molar-refractivity contribution < 1.29 is 15.0 Å². The normalized spacial score (nSPS) is 20.8. The van der Waals surface area contributed by atoms with Crippen LogP contribution in [-0.4, -0.2) is 41.7 Å². The highest BCUT2D eigenvalue weighted by atomic mass is 35.5. The van der Waals surface area contributed by atoms with Crippen LogP contribution in [0.15, 0.2) is 54.1 Å². The van der Waals surface area contributed by atoms with Crippen molar-refractivity contribution in [1.29, 1.82) is 0 Å². The Hall–Kier alpha value is -2.30. The van der Waals surface area contributed by atoms with Gasteiger partial charge in [0.15, 0.2) is 0 Å².